The van der Waals surface area contributed by atoms with E-state index in [0.717, 1.165) is 57.8 Å². The van der Waals surface area contributed by atoms with Crippen molar-refractivity contribution in [3.05, 3.63) is 60.8 Å². The minimum atomic E-state index is -0.686. The van der Waals surface area contributed by atoms with Crippen LogP contribution in [0.2, 0.25) is 0 Å². The van der Waals surface area contributed by atoms with Crippen LogP contribution in [0.4, 0.5) is 0 Å². The van der Waals surface area contributed by atoms with Gasteiger partial charge in [-0.2, -0.15) is 0 Å². The molecule has 0 aliphatic rings. The van der Waals surface area contributed by atoms with E-state index in [9.17, 15) is 4.79 Å². The molecule has 0 heterocycles. The van der Waals surface area contributed by atoms with Crippen molar-refractivity contribution in [3.63, 3.8) is 0 Å². The molecular weight excluding hydrogens is 296 g/mol. The molecule has 0 bridgehead atoms. The van der Waals surface area contributed by atoms with Crippen molar-refractivity contribution in [2.45, 2.75) is 71.1 Å². The number of hydrogen-bond donors (Lipinski definition) is 1. The Kier molecular flexibility index (Phi) is 17.8. The van der Waals surface area contributed by atoms with Crippen molar-refractivity contribution in [2.75, 3.05) is 0 Å². The molecule has 0 unspecified atom stereocenters. The fraction of sp³-hybridized carbons (Fsp3) is 0.500. The van der Waals surface area contributed by atoms with Crippen LogP contribution in [0, 0.1) is 0 Å². The number of allylic oxidation sites excluding steroid dienone is 10. The van der Waals surface area contributed by atoms with E-state index in [2.05, 4.69) is 67.7 Å². The number of hydrogen-bond acceptors (Lipinski definition) is 1. The van der Waals surface area contributed by atoms with E-state index in [4.69, 9.17) is 5.11 Å². The lowest BCUT2D eigenvalue weighted by Crippen LogP contribution is -1.93. The molecule has 0 aromatic carbocycles. The zero-order chi connectivity index (χ0) is 17.7. The number of carbonyl (C=O) groups is 1. The van der Waals surface area contributed by atoms with Gasteiger partial charge >= 0.3 is 5.97 Å². The van der Waals surface area contributed by atoms with E-state index in [1.807, 2.05) is 0 Å². The second-order valence-electron chi connectivity index (χ2n) is 5.75. The quantitative estimate of drug-likeness (QED) is 0.204. The number of rotatable bonds is 15. The Labute approximate surface area is 148 Å². The second-order valence-corrected chi connectivity index (χ2v) is 5.75. The molecule has 0 saturated heterocycles. The van der Waals surface area contributed by atoms with E-state index in [-0.39, 0.29) is 0 Å². The zero-order valence-electron chi connectivity index (χ0n) is 15.2. The summed E-state index contributed by atoms with van der Waals surface area (Å²) in [6, 6.07) is 0. The maximum absolute atomic E-state index is 10.4. The van der Waals surface area contributed by atoms with Gasteiger partial charge < -0.3 is 5.11 Å². The van der Waals surface area contributed by atoms with Crippen LogP contribution in [0.1, 0.15) is 71.1 Å². The molecular formula is C22H34O2. The van der Waals surface area contributed by atoms with Crippen molar-refractivity contribution < 1.29 is 9.90 Å². The molecule has 1 N–H and O–H groups in total. The van der Waals surface area contributed by atoms with Gasteiger partial charge in [0, 0.05) is 6.42 Å². The van der Waals surface area contributed by atoms with Crippen molar-refractivity contribution >= 4 is 5.97 Å². The van der Waals surface area contributed by atoms with Crippen molar-refractivity contribution in [1.82, 2.24) is 0 Å². The van der Waals surface area contributed by atoms with Crippen molar-refractivity contribution in [3.8, 4) is 0 Å². The normalized spacial score (nSPS) is 12.7. The van der Waals surface area contributed by atoms with Crippen molar-refractivity contribution in [2.24, 2.45) is 0 Å². The predicted molar refractivity (Wildman–Crippen MR) is 105 cm³/mol. The minimum absolute atomic E-state index is 0.303. The van der Waals surface area contributed by atoms with Crippen molar-refractivity contribution in [1.29, 1.82) is 0 Å². The summed E-state index contributed by atoms with van der Waals surface area (Å²) in [5.74, 6) is -0.686. The molecule has 0 aliphatic heterocycles. The Balaban J connectivity index is 3.44. The first-order chi connectivity index (χ1) is 11.8. The molecule has 0 rings (SSSR count). The molecule has 0 radical (unpaired) electrons. The van der Waals surface area contributed by atoms with Gasteiger partial charge in [0.2, 0.25) is 0 Å². The highest BCUT2D eigenvalue weighted by Crippen LogP contribution is 2.05. The summed E-state index contributed by atoms with van der Waals surface area (Å²) in [6.45, 7) is 2.16. The SMILES string of the molecule is CCC=CCCC=CC=CCC=CC=CCCCCCCC(=O)O. The Morgan fingerprint density at radius 3 is 1.96 bits per heavy atom. The Morgan fingerprint density at radius 1 is 0.708 bits per heavy atom. The molecule has 0 aliphatic carbocycles. The largest absolute Gasteiger partial charge is 0.481 e. The Bertz CT molecular complexity index is 425. The van der Waals surface area contributed by atoms with Gasteiger partial charge in [-0.1, -0.05) is 80.5 Å². The standard InChI is InChI=1S/C22H34O2/c1-2-3-4-5-6-7-8-9-10-11-12-13-14-15-16-17-18-19-20-21-22(23)24/h3-4,7-10,12-15H,2,5-6,11,16-21H2,1H3,(H,23,24). The van der Waals surface area contributed by atoms with Crippen LogP contribution < -0.4 is 0 Å². The third kappa shape index (κ3) is 20.2. The molecule has 0 amide bonds. The molecule has 24 heavy (non-hydrogen) atoms. The molecule has 0 saturated carbocycles. The number of unbranched alkanes of at least 4 members (excludes halogenated alkanes) is 5. The van der Waals surface area contributed by atoms with E-state index >= 15 is 0 Å². The van der Waals surface area contributed by atoms with Crippen LogP contribution in [-0.2, 0) is 4.79 Å². The van der Waals surface area contributed by atoms with Gasteiger partial charge in [0.15, 0.2) is 0 Å². The van der Waals surface area contributed by atoms with Crippen LogP contribution in [0.3, 0.4) is 0 Å². The van der Waals surface area contributed by atoms with Crippen LogP contribution in [-0.4, -0.2) is 11.1 Å². The van der Waals surface area contributed by atoms with Crippen LogP contribution in [0.15, 0.2) is 60.8 Å². The summed E-state index contributed by atoms with van der Waals surface area (Å²) in [6.07, 6.45) is 31.3. The number of carboxylic acid groups (broad SMARTS) is 1. The fourth-order valence-corrected chi connectivity index (χ4v) is 2.11. The first-order valence-electron chi connectivity index (χ1n) is 9.27. The van der Waals surface area contributed by atoms with Crippen LogP contribution >= 0.6 is 0 Å². The Hall–Kier alpha value is -1.83. The van der Waals surface area contributed by atoms with Gasteiger partial charge in [-0.15, -0.1) is 0 Å². The predicted octanol–water partition coefficient (Wildman–Crippen LogP) is 6.77. The maximum Gasteiger partial charge on any atom is 0.303 e. The van der Waals surface area contributed by atoms with E-state index in [0.29, 0.717) is 6.42 Å². The van der Waals surface area contributed by atoms with Gasteiger partial charge in [0.1, 0.15) is 0 Å². The lowest BCUT2D eigenvalue weighted by Gasteiger charge is -1.96. The first-order valence-corrected chi connectivity index (χ1v) is 9.27. The fourth-order valence-electron chi connectivity index (χ4n) is 2.11. The van der Waals surface area contributed by atoms with E-state index in [1.165, 1.54) is 0 Å². The summed E-state index contributed by atoms with van der Waals surface area (Å²) < 4.78 is 0. The van der Waals surface area contributed by atoms with Crippen LogP contribution in [0.25, 0.3) is 0 Å². The zero-order valence-corrected chi connectivity index (χ0v) is 15.2. The third-order valence-electron chi connectivity index (χ3n) is 3.45. The minimum Gasteiger partial charge on any atom is -0.481 e. The molecule has 134 valence electrons. The molecule has 0 atom stereocenters. The average Bonchev–Trinajstić information content (AvgIpc) is 2.56. The molecule has 0 spiro atoms. The summed E-state index contributed by atoms with van der Waals surface area (Å²) in [4.78, 5) is 10.4. The van der Waals surface area contributed by atoms with Gasteiger partial charge in [0.25, 0.3) is 0 Å². The molecule has 2 heteroatoms. The topological polar surface area (TPSA) is 37.3 Å². The average molecular weight is 331 g/mol. The summed E-state index contributed by atoms with van der Waals surface area (Å²) in [5, 5.41) is 8.53. The van der Waals surface area contributed by atoms with Gasteiger partial charge in [0.05, 0.1) is 0 Å². The smallest absolute Gasteiger partial charge is 0.303 e. The third-order valence-corrected chi connectivity index (χ3v) is 3.45. The number of carboxylic acids is 1. The second kappa shape index (κ2) is 19.2. The molecule has 0 aromatic heterocycles. The summed E-state index contributed by atoms with van der Waals surface area (Å²) >= 11 is 0. The monoisotopic (exact) mass is 330 g/mol. The highest BCUT2D eigenvalue weighted by Gasteiger charge is 1.95. The van der Waals surface area contributed by atoms with Gasteiger partial charge in [-0.3, -0.25) is 4.79 Å². The lowest BCUT2D eigenvalue weighted by molar-refractivity contribution is -0.137. The molecule has 0 fully saturated rings. The van der Waals surface area contributed by atoms with Gasteiger partial charge in [-0.05, 0) is 44.9 Å². The lowest BCUT2D eigenvalue weighted by atomic mass is 10.1. The summed E-state index contributed by atoms with van der Waals surface area (Å²) in [7, 11) is 0. The summed E-state index contributed by atoms with van der Waals surface area (Å²) in [5.41, 5.74) is 0. The molecule has 0 aromatic rings. The highest BCUT2D eigenvalue weighted by atomic mass is 16.4. The van der Waals surface area contributed by atoms with E-state index < -0.39 is 5.97 Å². The van der Waals surface area contributed by atoms with Crippen LogP contribution in [0.5, 0.6) is 0 Å². The Morgan fingerprint density at radius 2 is 1.29 bits per heavy atom. The first kappa shape index (κ1) is 22.2. The molecule has 2 nitrogen and oxygen atoms in total. The van der Waals surface area contributed by atoms with E-state index in [1.54, 1.807) is 0 Å². The van der Waals surface area contributed by atoms with Gasteiger partial charge in [-0.25, -0.2) is 0 Å². The number of aliphatic carboxylic acids is 1. The maximum atomic E-state index is 10.4. The highest BCUT2D eigenvalue weighted by molar-refractivity contribution is 5.66.